The molecule has 5 heteroatoms. The van der Waals surface area contributed by atoms with Gasteiger partial charge in [0.2, 0.25) is 0 Å². The monoisotopic (exact) mass is 343 g/mol. The van der Waals surface area contributed by atoms with Crippen molar-refractivity contribution in [2.75, 3.05) is 11.9 Å². The topological polar surface area (TPSA) is 30.9 Å². The van der Waals surface area contributed by atoms with Gasteiger partial charge in [-0.3, -0.25) is 0 Å². The zero-order chi connectivity index (χ0) is 17.9. The summed E-state index contributed by atoms with van der Waals surface area (Å²) < 4.78 is 17.3. The first kappa shape index (κ1) is 16.2. The Labute approximate surface area is 153 Å². The lowest BCUT2D eigenvalue weighted by molar-refractivity contribution is 0.415. The summed E-state index contributed by atoms with van der Waals surface area (Å²) >= 11 is 0. The molecule has 0 fully saturated rings. The van der Waals surface area contributed by atoms with Crippen LogP contribution in [0.5, 0.6) is 17.2 Å². The molecule has 1 heterocycles. The first-order valence-electron chi connectivity index (χ1n) is 8.36. The second-order valence-electron chi connectivity index (χ2n) is 5.87. The molecule has 0 unspecified atom stereocenters. The van der Waals surface area contributed by atoms with E-state index >= 15 is 0 Å². The van der Waals surface area contributed by atoms with Gasteiger partial charge in [0.25, 0.3) is 0 Å². The Morgan fingerprint density at radius 1 is 0.846 bits per heavy atom. The number of hydrogen-bond donors (Lipinski definition) is 0. The van der Waals surface area contributed by atoms with Crippen LogP contribution >= 0.6 is 0 Å². The van der Waals surface area contributed by atoms with Gasteiger partial charge in [-0.15, -0.1) is 0 Å². The summed E-state index contributed by atoms with van der Waals surface area (Å²) in [6.45, 7) is 4.29. The predicted molar refractivity (Wildman–Crippen MR) is 104 cm³/mol. The van der Waals surface area contributed by atoms with Crippen molar-refractivity contribution >= 4 is 18.6 Å². The van der Waals surface area contributed by atoms with E-state index in [4.69, 9.17) is 14.0 Å². The third-order valence-electron chi connectivity index (χ3n) is 4.26. The highest BCUT2D eigenvalue weighted by Crippen LogP contribution is 2.37. The number of rotatable bonds is 5. The second kappa shape index (κ2) is 6.88. The zero-order valence-corrected chi connectivity index (χ0v) is 14.5. The van der Waals surface area contributed by atoms with Gasteiger partial charge in [-0.2, -0.15) is 0 Å². The molecule has 3 aromatic carbocycles. The van der Waals surface area contributed by atoms with Crippen LogP contribution in [-0.4, -0.2) is 14.4 Å². The van der Waals surface area contributed by atoms with Crippen molar-refractivity contribution in [1.82, 2.24) is 0 Å². The third-order valence-corrected chi connectivity index (χ3v) is 4.26. The normalized spacial score (nSPS) is 12.0. The lowest BCUT2D eigenvalue weighted by atomic mass is 9.98. The highest BCUT2D eigenvalue weighted by atomic mass is 16.6. The van der Waals surface area contributed by atoms with E-state index in [-0.39, 0.29) is 0 Å². The number of methoxy groups -OCH3 is 1. The quantitative estimate of drug-likeness (QED) is 0.632. The lowest BCUT2D eigenvalue weighted by Crippen LogP contribution is -2.45. The van der Waals surface area contributed by atoms with Gasteiger partial charge < -0.3 is 18.9 Å². The molecule has 26 heavy (non-hydrogen) atoms. The molecule has 0 amide bonds. The molecule has 4 nitrogen and oxygen atoms in total. The molecule has 0 saturated heterocycles. The number of ether oxygens (including phenoxy) is 1. The number of hydrogen-bond acceptors (Lipinski definition) is 4. The number of nitrogens with zero attached hydrogens (tertiary/aromatic N) is 1. The molecule has 0 radical (unpaired) electrons. The fourth-order valence-electron chi connectivity index (χ4n) is 2.91. The van der Waals surface area contributed by atoms with Crippen molar-refractivity contribution in [3.63, 3.8) is 0 Å². The molecule has 0 N–H and O–H groups in total. The van der Waals surface area contributed by atoms with Gasteiger partial charge in [0, 0.05) is 11.4 Å². The molecule has 0 aromatic heterocycles. The van der Waals surface area contributed by atoms with Gasteiger partial charge in [-0.05, 0) is 42.0 Å². The van der Waals surface area contributed by atoms with E-state index in [1.54, 1.807) is 7.11 Å². The van der Waals surface area contributed by atoms with Crippen LogP contribution in [0.4, 0.5) is 5.69 Å². The zero-order valence-electron chi connectivity index (χ0n) is 14.5. The SMILES string of the molecule is C=C(c1ccccc1)N(B1Oc2ccccc2O1)c1ccc(OC)cc1. The molecule has 0 saturated carbocycles. The first-order valence-corrected chi connectivity index (χ1v) is 8.36. The Morgan fingerprint density at radius 2 is 1.42 bits per heavy atom. The molecular formula is C21H18BNO3. The molecule has 128 valence electrons. The predicted octanol–water partition coefficient (Wildman–Crippen LogP) is 4.63. The standard InChI is InChI=1S/C21H18BNO3/c1-16(17-8-4-3-5-9-17)23(18-12-14-19(24-2)15-13-18)22-25-20-10-6-7-11-21(20)26-22/h3-15H,1H2,2H3. The summed E-state index contributed by atoms with van der Waals surface area (Å²) in [6.07, 6.45) is 0. The van der Waals surface area contributed by atoms with Gasteiger partial charge in [-0.1, -0.05) is 49.0 Å². The van der Waals surface area contributed by atoms with Crippen molar-refractivity contribution in [3.05, 3.63) is 91.0 Å². The summed E-state index contributed by atoms with van der Waals surface area (Å²) in [5.74, 6) is 2.23. The minimum atomic E-state index is -0.631. The first-order chi connectivity index (χ1) is 12.8. The molecule has 1 aliphatic rings. The van der Waals surface area contributed by atoms with E-state index in [9.17, 15) is 0 Å². The fraction of sp³-hybridized carbons (Fsp3) is 0.0476. The van der Waals surface area contributed by atoms with Crippen LogP contribution in [0.3, 0.4) is 0 Å². The number of fused-ring (bicyclic) bond motifs is 1. The average molecular weight is 343 g/mol. The highest BCUT2D eigenvalue weighted by Gasteiger charge is 2.41. The van der Waals surface area contributed by atoms with Gasteiger partial charge >= 0.3 is 7.25 Å². The van der Waals surface area contributed by atoms with E-state index < -0.39 is 7.25 Å². The maximum absolute atomic E-state index is 6.03. The molecule has 4 rings (SSSR count). The molecule has 0 aliphatic carbocycles. The molecule has 1 aliphatic heterocycles. The number of anilines is 1. The Balaban J connectivity index is 1.71. The van der Waals surface area contributed by atoms with Crippen molar-refractivity contribution in [1.29, 1.82) is 0 Å². The Bertz CT molecular complexity index is 887. The maximum Gasteiger partial charge on any atom is 0.743 e. The van der Waals surface area contributed by atoms with Crippen LogP contribution in [0, 0.1) is 0 Å². The van der Waals surface area contributed by atoms with Gasteiger partial charge in [0.05, 0.1) is 7.11 Å². The summed E-state index contributed by atoms with van der Waals surface area (Å²) in [5.41, 5.74) is 2.68. The minimum Gasteiger partial charge on any atom is -0.503 e. The van der Waals surface area contributed by atoms with E-state index in [1.165, 1.54) is 0 Å². The van der Waals surface area contributed by atoms with Crippen LogP contribution in [0.1, 0.15) is 5.56 Å². The third kappa shape index (κ3) is 2.99. The average Bonchev–Trinajstić information content (AvgIpc) is 3.13. The maximum atomic E-state index is 6.03. The minimum absolute atomic E-state index is 0.631. The van der Waals surface area contributed by atoms with Crippen molar-refractivity contribution in [2.24, 2.45) is 0 Å². The highest BCUT2D eigenvalue weighted by molar-refractivity contribution is 6.55. The lowest BCUT2D eigenvalue weighted by Gasteiger charge is -2.27. The number of para-hydroxylation sites is 2. The summed E-state index contributed by atoms with van der Waals surface area (Å²) in [6, 6.07) is 25.4. The van der Waals surface area contributed by atoms with Crippen LogP contribution in [0.2, 0.25) is 0 Å². The largest absolute Gasteiger partial charge is 0.743 e. The van der Waals surface area contributed by atoms with Gasteiger partial charge in [0.15, 0.2) is 0 Å². The Morgan fingerprint density at radius 3 is 2.00 bits per heavy atom. The van der Waals surface area contributed by atoms with Crippen LogP contribution in [-0.2, 0) is 0 Å². The van der Waals surface area contributed by atoms with Crippen molar-refractivity contribution in [2.45, 2.75) is 0 Å². The van der Waals surface area contributed by atoms with Crippen LogP contribution in [0.15, 0.2) is 85.4 Å². The van der Waals surface area contributed by atoms with E-state index in [0.29, 0.717) is 0 Å². The van der Waals surface area contributed by atoms with Crippen molar-refractivity contribution in [3.8, 4) is 17.2 Å². The van der Waals surface area contributed by atoms with E-state index in [0.717, 1.165) is 34.2 Å². The molecule has 3 aromatic rings. The fourth-order valence-corrected chi connectivity index (χ4v) is 2.91. The Kier molecular flexibility index (Phi) is 4.28. The number of benzene rings is 3. The molecular weight excluding hydrogens is 325 g/mol. The van der Waals surface area contributed by atoms with Crippen LogP contribution < -0.4 is 18.9 Å². The van der Waals surface area contributed by atoms with E-state index in [1.807, 2.05) is 83.7 Å². The summed E-state index contributed by atoms with van der Waals surface area (Å²) in [5, 5.41) is 0. The molecule has 0 spiro atoms. The van der Waals surface area contributed by atoms with E-state index in [2.05, 4.69) is 6.58 Å². The molecule has 0 atom stereocenters. The second-order valence-corrected chi connectivity index (χ2v) is 5.87. The Hall–Kier alpha value is -3.34. The smallest absolute Gasteiger partial charge is 0.503 e. The summed E-state index contributed by atoms with van der Waals surface area (Å²) in [4.78, 5) is 1.94. The van der Waals surface area contributed by atoms with Crippen LogP contribution in [0.25, 0.3) is 5.70 Å². The molecule has 0 bridgehead atoms. The van der Waals surface area contributed by atoms with Gasteiger partial charge in [-0.25, -0.2) is 0 Å². The summed E-state index contributed by atoms with van der Waals surface area (Å²) in [7, 11) is 1.02. The van der Waals surface area contributed by atoms with Gasteiger partial charge in [0.1, 0.15) is 17.2 Å². The van der Waals surface area contributed by atoms with Crippen molar-refractivity contribution < 1.29 is 14.0 Å².